The van der Waals surface area contributed by atoms with E-state index in [1.807, 2.05) is 166 Å². The van der Waals surface area contributed by atoms with Gasteiger partial charge in [-0.15, -0.1) is 0 Å². The van der Waals surface area contributed by atoms with Gasteiger partial charge in [-0.2, -0.15) is 0 Å². The lowest BCUT2D eigenvalue weighted by Crippen LogP contribution is -2.38. The molecule has 0 saturated heterocycles. The van der Waals surface area contributed by atoms with Crippen molar-refractivity contribution in [2.24, 2.45) is 148 Å². The van der Waals surface area contributed by atoms with Crippen molar-refractivity contribution in [1.29, 1.82) is 0 Å². The minimum absolute atomic E-state index is 0.0174. The average Bonchev–Trinajstić information content (AvgIpc) is 0.899. The number of hydrogen-bond acceptors (Lipinski definition) is 14. The molecule has 118 heavy (non-hydrogen) atoms. The number of aliphatic hydroxyl groups excluding tert-OH is 6. The molecule has 0 heterocycles. The highest BCUT2D eigenvalue weighted by molar-refractivity contribution is 5.84. The Kier molecular flexibility index (Phi) is 89.2. The molecule has 714 valence electrons. The molecule has 0 aliphatic heterocycles. The van der Waals surface area contributed by atoms with Gasteiger partial charge in [0.1, 0.15) is 23.8 Å². The minimum Gasteiger partial charge on any atom is -0.393 e. The number of ketones is 4. The Morgan fingerprint density at radius 1 is 0.331 bits per heavy atom. The number of nitrogens with zero attached hydrogens (tertiary/aromatic N) is 1. The summed E-state index contributed by atoms with van der Waals surface area (Å²) < 4.78 is 5.46. The van der Waals surface area contributed by atoms with Crippen LogP contribution in [0.25, 0.3) is 0 Å². The van der Waals surface area contributed by atoms with Crippen molar-refractivity contribution < 1.29 is 64.1 Å². The minimum atomic E-state index is -0.776. The van der Waals surface area contributed by atoms with Gasteiger partial charge in [-0.25, -0.2) is 0 Å². The van der Waals surface area contributed by atoms with Gasteiger partial charge in [-0.1, -0.05) is 303 Å². The maximum Gasteiger partial charge on any atom is 0.222 e. The molecule has 0 aliphatic carbocycles. The van der Waals surface area contributed by atoms with Crippen molar-refractivity contribution in [1.82, 2.24) is 15.5 Å². The number of rotatable bonds is 43. The van der Waals surface area contributed by atoms with Gasteiger partial charge < -0.3 is 46.0 Å². The molecule has 0 aromatic heterocycles. The van der Waals surface area contributed by atoms with Crippen molar-refractivity contribution in [3.05, 3.63) is 12.2 Å². The molecule has 0 fully saturated rings. The van der Waals surface area contributed by atoms with Crippen LogP contribution in [0.1, 0.15) is 384 Å². The first-order valence-corrected chi connectivity index (χ1v) is 47.1. The third-order valence-corrected chi connectivity index (χ3v) is 22.8. The SMILES string of the molecule is CC(C)/C=C/C(C)C(C)C.CC(C)C(=O)CC(O)C(C)C(C)C.CC(C)C(=O)CN(C)C(C)C.CC(C)C(=O)NC(C)C(C)C.CC(C)CC(=O)C(O)C(C)C(C)C.CC(C)CC(=O)C(O)C(C)C(C)C.CC(C)CC(O)C(C)C(C)C.CC(C)CCC(O)C(C)C(C)C.CC(C)NC(=O)CC(O)C(C)C(C)C.CC(C)OCC(C)C(C)C. The van der Waals surface area contributed by atoms with Crippen LogP contribution in [-0.4, -0.2) is 152 Å². The maximum atomic E-state index is 11.4. The number of Topliss-reactive ketones (excluding diaryl/α,β-unsaturated/α-hetero) is 4. The molecule has 0 bridgehead atoms. The second kappa shape index (κ2) is 77.6. The lowest BCUT2D eigenvalue weighted by Gasteiger charge is -2.23. The van der Waals surface area contributed by atoms with Crippen LogP contribution < -0.4 is 10.6 Å². The lowest BCUT2D eigenvalue weighted by molar-refractivity contribution is -0.131. The van der Waals surface area contributed by atoms with E-state index in [0.717, 1.165) is 43.6 Å². The van der Waals surface area contributed by atoms with E-state index in [9.17, 15) is 59.4 Å². The molecule has 0 rings (SSSR count). The van der Waals surface area contributed by atoms with Gasteiger partial charge in [-0.3, -0.25) is 33.7 Å². The zero-order chi connectivity index (χ0) is 96.1. The molecule has 8 N–H and O–H groups in total. The highest BCUT2D eigenvalue weighted by atomic mass is 16.5. The van der Waals surface area contributed by atoms with E-state index in [2.05, 4.69) is 208 Å². The summed E-state index contributed by atoms with van der Waals surface area (Å²) in [5, 5.41) is 63.8. The number of carbonyl (C=O) groups is 6. The average molecular weight is 1690 g/mol. The first kappa shape index (κ1) is 136. The van der Waals surface area contributed by atoms with Crippen LogP contribution in [0.2, 0.25) is 0 Å². The standard InChI is InChI=1S/C11H23NO2.3C11H22O2.C11H24O.C10H22O.C10H20.2C9H19NO.C9H20O/c1-7(2)9(5)10(13)6-11(14)12-8(3)4;1-7(2)9(5)11(13)6-10(12)8(3)4;2*1-7(2)6-10(12)11(13)9(5)8(3)4;1-8(2)6-7-11(12)10(5)9(3)4;1-7(2)6-10(11)9(5)8(3)4;1-8(2)6-7-10(5)9(3)4;1-7(2)9(11)6-10(5)8(3)4;1-6(2)8(5)10-9(11)7(3)4;1-7(2)9(5)6-10-8(3)4/h7-10,13H,6H2,1-5H3,(H,12,14);3*7-9,11,13H,6H2,1-5H3;8-12H,6-7H2,1-5H3;7-11H,6H2,1-5H3;6-10H,1-5H3;7-8H,6H2,1-5H3;6-8H,1-5H3,(H,10,11);7-9H,6H2,1-5H3/b;;;;;;7-6+;;;. The highest BCUT2D eigenvalue weighted by Crippen LogP contribution is 2.24. The summed E-state index contributed by atoms with van der Waals surface area (Å²) in [7, 11) is 1.98. The van der Waals surface area contributed by atoms with Crippen molar-refractivity contribution in [3.8, 4) is 0 Å². The number of aliphatic hydroxyl groups is 6. The molecule has 0 saturated carbocycles. The van der Waals surface area contributed by atoms with Crippen LogP contribution in [0, 0.1) is 148 Å². The second-order valence-corrected chi connectivity index (χ2v) is 41.9. The number of hydrogen-bond donors (Lipinski definition) is 8. The third-order valence-electron chi connectivity index (χ3n) is 22.8. The molecule has 0 radical (unpaired) electrons. The van der Waals surface area contributed by atoms with Crippen LogP contribution in [0.4, 0.5) is 0 Å². The summed E-state index contributed by atoms with van der Waals surface area (Å²) in [6.07, 6.45) is 6.69. The molecular formula is C102H213N3O13. The smallest absolute Gasteiger partial charge is 0.222 e. The third kappa shape index (κ3) is 86.6. The zero-order valence-corrected chi connectivity index (χ0v) is 87.7. The van der Waals surface area contributed by atoms with Gasteiger partial charge in [-0.05, 0) is 205 Å². The summed E-state index contributed by atoms with van der Waals surface area (Å²) in [4.78, 5) is 70.0. The fraction of sp³-hybridized carbons (Fsp3) is 0.922. The highest BCUT2D eigenvalue weighted by Gasteiger charge is 2.28. The molecule has 16 nitrogen and oxygen atoms in total. The predicted molar refractivity (Wildman–Crippen MR) is 513 cm³/mol. The van der Waals surface area contributed by atoms with Gasteiger partial charge in [0.05, 0.1) is 43.5 Å². The van der Waals surface area contributed by atoms with Crippen molar-refractivity contribution in [2.75, 3.05) is 20.2 Å². The fourth-order valence-corrected chi connectivity index (χ4v) is 9.31. The first-order chi connectivity index (χ1) is 53.3. The number of carbonyl (C=O) groups excluding carboxylic acids is 6. The van der Waals surface area contributed by atoms with E-state index in [0.29, 0.717) is 133 Å². The lowest BCUT2D eigenvalue weighted by atomic mass is 9.88. The molecule has 15 atom stereocenters. The normalized spacial score (nSPS) is 15.5. The summed E-state index contributed by atoms with van der Waals surface area (Å²) >= 11 is 0. The van der Waals surface area contributed by atoms with E-state index in [1.165, 1.54) is 0 Å². The van der Waals surface area contributed by atoms with Gasteiger partial charge in [0.15, 0.2) is 11.6 Å². The van der Waals surface area contributed by atoms with Gasteiger partial charge in [0, 0.05) is 61.7 Å². The van der Waals surface area contributed by atoms with Crippen molar-refractivity contribution in [3.63, 3.8) is 0 Å². The zero-order valence-electron chi connectivity index (χ0n) is 87.7. The van der Waals surface area contributed by atoms with Gasteiger partial charge in [0.25, 0.3) is 0 Å². The van der Waals surface area contributed by atoms with E-state index in [-0.39, 0.29) is 101 Å². The molecule has 16 heteroatoms. The van der Waals surface area contributed by atoms with E-state index in [1.54, 1.807) is 0 Å². The molecule has 0 aromatic carbocycles. The van der Waals surface area contributed by atoms with Crippen LogP contribution in [0.15, 0.2) is 12.2 Å². The van der Waals surface area contributed by atoms with E-state index < -0.39 is 24.4 Å². The number of nitrogens with one attached hydrogen (secondary N) is 2. The predicted octanol–water partition coefficient (Wildman–Crippen LogP) is 23.6. The summed E-state index contributed by atoms with van der Waals surface area (Å²) in [5.74, 6) is 11.0. The van der Waals surface area contributed by atoms with Crippen LogP contribution >= 0.6 is 0 Å². The number of likely N-dealkylation sites (N-methyl/N-ethyl adjacent to an activating group) is 1. The Morgan fingerprint density at radius 3 is 0.941 bits per heavy atom. The fourth-order valence-electron chi connectivity index (χ4n) is 9.31. The van der Waals surface area contributed by atoms with Gasteiger partial charge in [0.2, 0.25) is 11.8 Å². The Hall–Kier alpha value is -2.96. The second-order valence-electron chi connectivity index (χ2n) is 41.9. The molecule has 0 aliphatic rings. The van der Waals surface area contributed by atoms with Crippen LogP contribution in [0.5, 0.6) is 0 Å². The Labute approximate surface area is 736 Å². The molecule has 15 unspecified atom stereocenters. The molecule has 2 amide bonds. The topological polar surface area (TPSA) is 260 Å². The van der Waals surface area contributed by atoms with Crippen molar-refractivity contribution in [2.45, 2.75) is 445 Å². The largest absolute Gasteiger partial charge is 0.393 e. The monoisotopic (exact) mass is 1690 g/mol. The Bertz CT molecular complexity index is 2300. The Morgan fingerprint density at radius 2 is 0.678 bits per heavy atom. The van der Waals surface area contributed by atoms with Crippen molar-refractivity contribution >= 4 is 34.9 Å². The van der Waals surface area contributed by atoms with Gasteiger partial charge >= 0.3 is 0 Å². The molecule has 0 aromatic rings. The Balaban J connectivity index is -0.000000138. The van der Waals surface area contributed by atoms with E-state index in [4.69, 9.17) is 4.74 Å². The van der Waals surface area contributed by atoms with E-state index >= 15 is 0 Å². The molecule has 0 spiro atoms. The first-order valence-electron chi connectivity index (χ1n) is 47.1. The summed E-state index contributed by atoms with van der Waals surface area (Å²) in [6.45, 7) is 103. The maximum absolute atomic E-state index is 11.4. The molecular weight excluding hydrogens is 1480 g/mol. The number of allylic oxidation sites excluding steroid dienone is 2. The summed E-state index contributed by atoms with van der Waals surface area (Å²) in [5.41, 5.74) is 0. The summed E-state index contributed by atoms with van der Waals surface area (Å²) in [6, 6.07) is 0.881. The van der Waals surface area contributed by atoms with Crippen LogP contribution in [0.3, 0.4) is 0 Å². The van der Waals surface area contributed by atoms with Crippen LogP contribution in [-0.2, 0) is 33.5 Å². The number of amides is 2. The number of ether oxygens (including phenoxy) is 1. The quantitative estimate of drug-likeness (QED) is 0.0264.